The van der Waals surface area contributed by atoms with E-state index in [1.807, 2.05) is 0 Å². The summed E-state index contributed by atoms with van der Waals surface area (Å²) >= 11 is 0. The maximum absolute atomic E-state index is 6.62. The molecule has 0 saturated heterocycles. The summed E-state index contributed by atoms with van der Waals surface area (Å²) in [6, 6.07) is 81.3. The summed E-state index contributed by atoms with van der Waals surface area (Å²) in [7, 11) is 0. The highest BCUT2D eigenvalue weighted by molar-refractivity contribution is 6.27. The Labute approximate surface area is 367 Å². The molecule has 0 N–H and O–H groups in total. The van der Waals surface area contributed by atoms with Crippen LogP contribution in [0.5, 0.6) is 0 Å². The molecule has 14 rings (SSSR count). The minimum Gasteiger partial charge on any atom is -0.456 e. The maximum atomic E-state index is 6.62. The number of nitrogens with zero attached hydrogens (tertiary/aromatic N) is 3. The molecule has 0 aliphatic heterocycles. The van der Waals surface area contributed by atoms with Gasteiger partial charge in [0.05, 0.1) is 33.1 Å². The molecule has 0 fully saturated rings. The van der Waals surface area contributed by atoms with E-state index in [1.54, 1.807) is 0 Å². The number of aromatic nitrogens is 3. The van der Waals surface area contributed by atoms with Gasteiger partial charge in [-0.05, 0) is 119 Å². The molecule has 0 aliphatic carbocycles. The molecule has 10 aromatic carbocycles. The van der Waals surface area contributed by atoms with Crippen LogP contribution in [0.3, 0.4) is 0 Å². The summed E-state index contributed by atoms with van der Waals surface area (Å²) in [6.45, 7) is 0. The van der Waals surface area contributed by atoms with Gasteiger partial charge in [0.1, 0.15) is 11.2 Å². The van der Waals surface area contributed by atoms with Gasteiger partial charge in [0.15, 0.2) is 0 Å². The first kappa shape index (κ1) is 35.0. The van der Waals surface area contributed by atoms with Crippen molar-refractivity contribution in [3.63, 3.8) is 0 Å². The Hall–Kier alpha value is -8.60. The predicted octanol–water partition coefficient (Wildman–Crippen LogP) is 16.2. The predicted molar refractivity (Wildman–Crippen MR) is 268 cm³/mol. The maximum Gasteiger partial charge on any atom is 0.136 e. The molecule has 4 heterocycles. The molecular weight excluding hydrogens is 779 g/mol. The van der Waals surface area contributed by atoms with Gasteiger partial charge in [0.25, 0.3) is 0 Å². The van der Waals surface area contributed by atoms with Crippen LogP contribution in [-0.4, -0.2) is 13.7 Å². The highest BCUT2D eigenvalue weighted by Crippen LogP contribution is 2.45. The first-order valence-corrected chi connectivity index (χ1v) is 21.9. The third-order valence-corrected chi connectivity index (χ3v) is 13.4. The lowest BCUT2D eigenvalue weighted by Gasteiger charge is -2.10. The monoisotopic (exact) mass is 815 g/mol. The van der Waals surface area contributed by atoms with E-state index in [-0.39, 0.29) is 0 Å². The SMILES string of the molecule is c1ccc(-n2c3ccccc3c3cc(-c4ccc5oc6cccc(-c7ccc8c(c7)c7ccc9c(c%10ccccc%10n9-c9ccccc9)c7n8-c7ccccc7)c6c5c4)ccc32)cc1. The van der Waals surface area contributed by atoms with Crippen LogP contribution < -0.4 is 0 Å². The van der Waals surface area contributed by atoms with Crippen molar-refractivity contribution in [2.45, 2.75) is 0 Å². The van der Waals surface area contributed by atoms with E-state index in [2.05, 4.69) is 238 Å². The number of para-hydroxylation sites is 5. The van der Waals surface area contributed by atoms with Crippen LogP contribution in [0, 0.1) is 0 Å². The molecule has 0 atom stereocenters. The fraction of sp³-hybridized carbons (Fsp3) is 0. The Morgan fingerprint density at radius 2 is 0.766 bits per heavy atom. The van der Waals surface area contributed by atoms with Crippen LogP contribution in [0.15, 0.2) is 229 Å². The number of fused-ring (bicyclic) bond motifs is 13. The summed E-state index contributed by atoms with van der Waals surface area (Å²) in [4.78, 5) is 0. The van der Waals surface area contributed by atoms with Gasteiger partial charge >= 0.3 is 0 Å². The molecule has 64 heavy (non-hydrogen) atoms. The zero-order chi connectivity index (χ0) is 41.9. The number of furan rings is 1. The van der Waals surface area contributed by atoms with E-state index in [9.17, 15) is 0 Å². The average Bonchev–Trinajstić information content (AvgIpc) is 4.10. The van der Waals surface area contributed by atoms with Gasteiger partial charge in [-0.1, -0.05) is 127 Å². The van der Waals surface area contributed by atoms with Crippen LogP contribution in [0.4, 0.5) is 0 Å². The molecule has 14 aromatic rings. The zero-order valence-corrected chi connectivity index (χ0v) is 34.6. The van der Waals surface area contributed by atoms with E-state index in [0.29, 0.717) is 0 Å². The lowest BCUT2D eigenvalue weighted by molar-refractivity contribution is 0.669. The standard InChI is InChI=1S/C60H37N3O/c1-4-15-41(16-5-1)61-51-24-12-10-21-45(51)48-35-38(27-31-53(48)61)39-29-34-56-50(36-39)58-44(23-14-26-57(58)64-56)40-28-32-54-49(37-40)46-30-33-55-59(60(46)63(54)43-19-8-3-9-20-43)47-22-11-13-25-52(47)62(55)42-17-6-2-7-18-42/h1-37H. The summed E-state index contributed by atoms with van der Waals surface area (Å²) in [5.74, 6) is 0. The Morgan fingerprint density at radius 1 is 0.266 bits per heavy atom. The highest BCUT2D eigenvalue weighted by atomic mass is 16.3. The second-order valence-corrected chi connectivity index (χ2v) is 16.9. The second-order valence-electron chi connectivity index (χ2n) is 16.9. The topological polar surface area (TPSA) is 27.9 Å². The molecule has 0 spiro atoms. The van der Waals surface area contributed by atoms with Crippen molar-refractivity contribution in [2.75, 3.05) is 0 Å². The molecule has 4 nitrogen and oxygen atoms in total. The van der Waals surface area contributed by atoms with Crippen molar-refractivity contribution in [3.05, 3.63) is 224 Å². The molecule has 0 amide bonds. The molecule has 4 heteroatoms. The molecule has 0 saturated carbocycles. The fourth-order valence-corrected chi connectivity index (χ4v) is 10.7. The lowest BCUT2D eigenvalue weighted by atomic mass is 9.96. The zero-order valence-electron chi connectivity index (χ0n) is 34.6. The van der Waals surface area contributed by atoms with Gasteiger partial charge in [-0.25, -0.2) is 0 Å². The summed E-state index contributed by atoms with van der Waals surface area (Å²) in [6.07, 6.45) is 0. The number of hydrogen-bond donors (Lipinski definition) is 0. The van der Waals surface area contributed by atoms with Crippen molar-refractivity contribution in [1.29, 1.82) is 0 Å². The quantitative estimate of drug-likeness (QED) is 0.170. The molecule has 0 radical (unpaired) electrons. The van der Waals surface area contributed by atoms with Gasteiger partial charge in [-0.2, -0.15) is 0 Å². The van der Waals surface area contributed by atoms with E-state index < -0.39 is 0 Å². The van der Waals surface area contributed by atoms with Gasteiger partial charge in [0.2, 0.25) is 0 Å². The highest BCUT2D eigenvalue weighted by Gasteiger charge is 2.22. The van der Waals surface area contributed by atoms with Crippen LogP contribution in [0.2, 0.25) is 0 Å². The Bertz CT molecular complexity index is 4170. The second kappa shape index (κ2) is 13.4. The van der Waals surface area contributed by atoms with E-state index in [4.69, 9.17) is 4.42 Å². The Balaban J connectivity index is 0.979. The van der Waals surface area contributed by atoms with Gasteiger partial charge in [-0.15, -0.1) is 0 Å². The molecular formula is C60H37N3O. The van der Waals surface area contributed by atoms with E-state index in [0.717, 1.165) is 55.7 Å². The number of hydrogen-bond acceptors (Lipinski definition) is 1. The summed E-state index contributed by atoms with van der Waals surface area (Å²) in [5, 5.41) is 9.63. The Kier molecular flexibility index (Phi) is 7.36. The largest absolute Gasteiger partial charge is 0.456 e. The van der Waals surface area contributed by atoms with Crippen molar-refractivity contribution in [1.82, 2.24) is 13.7 Å². The molecule has 0 bridgehead atoms. The van der Waals surface area contributed by atoms with Crippen molar-refractivity contribution in [3.8, 4) is 39.3 Å². The normalized spacial score (nSPS) is 12.1. The summed E-state index contributed by atoms with van der Waals surface area (Å²) in [5.41, 5.74) is 17.0. The van der Waals surface area contributed by atoms with Crippen LogP contribution in [0.25, 0.3) is 127 Å². The Morgan fingerprint density at radius 3 is 1.48 bits per heavy atom. The molecule has 0 unspecified atom stereocenters. The number of benzene rings is 10. The van der Waals surface area contributed by atoms with Gasteiger partial charge < -0.3 is 18.1 Å². The molecule has 4 aromatic heterocycles. The first-order valence-electron chi connectivity index (χ1n) is 21.9. The number of rotatable bonds is 5. The van der Waals surface area contributed by atoms with Crippen molar-refractivity contribution in [2.24, 2.45) is 0 Å². The third-order valence-electron chi connectivity index (χ3n) is 13.4. The molecule has 0 aliphatic rings. The van der Waals surface area contributed by atoms with Crippen LogP contribution in [-0.2, 0) is 0 Å². The molecule has 298 valence electrons. The van der Waals surface area contributed by atoms with Crippen LogP contribution >= 0.6 is 0 Å². The van der Waals surface area contributed by atoms with Crippen LogP contribution in [0.1, 0.15) is 0 Å². The third kappa shape index (κ3) is 4.99. The minimum absolute atomic E-state index is 0.881. The summed E-state index contributed by atoms with van der Waals surface area (Å²) < 4.78 is 13.9. The van der Waals surface area contributed by atoms with Crippen molar-refractivity contribution >= 4 is 87.4 Å². The minimum atomic E-state index is 0.881. The average molecular weight is 816 g/mol. The van der Waals surface area contributed by atoms with E-state index >= 15 is 0 Å². The van der Waals surface area contributed by atoms with E-state index in [1.165, 1.54) is 71.0 Å². The fourth-order valence-electron chi connectivity index (χ4n) is 10.7. The van der Waals surface area contributed by atoms with Gasteiger partial charge in [-0.3, -0.25) is 0 Å². The lowest BCUT2D eigenvalue weighted by Crippen LogP contribution is -1.95. The first-order chi connectivity index (χ1) is 31.8. The smallest absolute Gasteiger partial charge is 0.136 e. The van der Waals surface area contributed by atoms with Gasteiger partial charge in [0, 0.05) is 60.2 Å². The van der Waals surface area contributed by atoms with Crippen molar-refractivity contribution < 1.29 is 4.42 Å².